The van der Waals surface area contributed by atoms with Gasteiger partial charge in [-0.1, -0.05) is 37.5 Å². The molecule has 2 aromatic rings. The number of benzene rings is 1. The molecule has 1 saturated heterocycles. The molecule has 2 aliphatic carbocycles. The zero-order valence-electron chi connectivity index (χ0n) is 24.0. The van der Waals surface area contributed by atoms with Crippen LogP contribution in [0.3, 0.4) is 0 Å². The third-order valence-electron chi connectivity index (χ3n) is 8.41. The highest BCUT2D eigenvalue weighted by atomic mass is 32.2. The molecular weight excluding hydrogens is 553 g/mol. The molecule has 0 unspecified atom stereocenters. The van der Waals surface area contributed by atoms with Gasteiger partial charge in [0.25, 0.3) is 15.9 Å². The van der Waals surface area contributed by atoms with Crippen molar-refractivity contribution >= 4 is 84.5 Å². The number of anilines is 1. The number of carbonyl (C=O) groups excluding carboxylic acids is 1. The Morgan fingerprint density at radius 2 is 1.56 bits per heavy atom. The zero-order chi connectivity index (χ0) is 31.6. The quantitative estimate of drug-likeness (QED) is 0.450. The van der Waals surface area contributed by atoms with Crippen LogP contribution < -0.4 is 14.4 Å². The molecule has 0 atom stereocenters. The standard InChI is InChI=1S/C26H25B8N3O5S/c1-15-10-11-17(16-6-3-2-4-7-16)18(14-15)41-22(12-13-22)21(38)36-43(39,40)20-9-5-8-19(35-20)37-23(27,28)25(31,32)42-26(33,34)24(37,29)30/h5,8-11,14,16H,2-4,6-7,12-13H2,1H3,(H,36,38). The molecule has 1 N–H and O–H groups in total. The van der Waals surface area contributed by atoms with E-state index >= 15 is 0 Å². The minimum absolute atomic E-state index is 0.315. The van der Waals surface area contributed by atoms with Crippen molar-refractivity contribution in [3.8, 4) is 5.75 Å². The minimum atomic E-state index is -4.56. The van der Waals surface area contributed by atoms with Gasteiger partial charge in [-0.2, -0.15) is 8.42 Å². The molecule has 1 amide bonds. The van der Waals surface area contributed by atoms with E-state index in [1.54, 1.807) is 0 Å². The van der Waals surface area contributed by atoms with Crippen molar-refractivity contribution in [2.75, 3.05) is 4.90 Å². The number of morpholine rings is 1. The van der Waals surface area contributed by atoms with Crippen molar-refractivity contribution in [1.29, 1.82) is 0 Å². The van der Waals surface area contributed by atoms with E-state index in [0.717, 1.165) is 47.8 Å². The number of nitrogens with one attached hydrogen (secondary N) is 1. The molecular formula is C26H25B8N3O5S. The Morgan fingerprint density at radius 1 is 0.953 bits per heavy atom. The molecule has 1 aromatic heterocycles. The molecule has 16 radical (unpaired) electrons. The van der Waals surface area contributed by atoms with E-state index in [2.05, 4.69) is 9.71 Å². The maximum absolute atomic E-state index is 13.4. The summed E-state index contributed by atoms with van der Waals surface area (Å²) in [4.78, 5) is 18.3. The van der Waals surface area contributed by atoms with Crippen LogP contribution in [0.5, 0.6) is 5.75 Å². The summed E-state index contributed by atoms with van der Waals surface area (Å²) in [6.07, 6.45) is 6.17. The van der Waals surface area contributed by atoms with Crippen molar-refractivity contribution < 1.29 is 22.7 Å². The Bertz CT molecular complexity index is 1500. The number of aryl methyl sites for hydroxylation is 1. The van der Waals surface area contributed by atoms with E-state index in [-0.39, 0.29) is 5.82 Å². The molecule has 5 rings (SSSR count). The lowest BCUT2D eigenvalue weighted by Crippen LogP contribution is -2.86. The molecule has 1 aliphatic heterocycles. The molecule has 3 aliphatic rings. The van der Waals surface area contributed by atoms with E-state index in [9.17, 15) is 13.2 Å². The van der Waals surface area contributed by atoms with Crippen molar-refractivity contribution in [2.24, 2.45) is 0 Å². The average Bonchev–Trinajstić information content (AvgIpc) is 3.68. The zero-order valence-corrected chi connectivity index (χ0v) is 24.8. The number of aromatic nitrogens is 1. The van der Waals surface area contributed by atoms with Gasteiger partial charge in [-0.05, 0) is 76.5 Å². The first-order valence-corrected chi connectivity index (χ1v) is 15.5. The third-order valence-corrected chi connectivity index (χ3v) is 9.64. The van der Waals surface area contributed by atoms with Crippen LogP contribution >= 0.6 is 0 Å². The van der Waals surface area contributed by atoms with E-state index in [1.165, 1.54) is 18.6 Å². The van der Waals surface area contributed by atoms with Gasteiger partial charge >= 0.3 is 0 Å². The van der Waals surface area contributed by atoms with Crippen LogP contribution in [0.1, 0.15) is 62.0 Å². The fraction of sp³-hybridized carbons (Fsp3) is 0.538. The Hall–Kier alpha value is -2.13. The van der Waals surface area contributed by atoms with Crippen LogP contribution in [0.15, 0.2) is 41.4 Å². The Kier molecular flexibility index (Phi) is 8.06. The second-order valence-electron chi connectivity index (χ2n) is 11.9. The number of sulfonamides is 1. The summed E-state index contributed by atoms with van der Waals surface area (Å²) in [6, 6.07) is 9.64. The Balaban J connectivity index is 1.41. The SMILES string of the molecule is [B]C1([B])OC([B])([B])C([B])([B])N(c2cccc(S(=O)(=O)NC(=O)C3(Oc4cc(C)ccc4C4CCCCC4)CC3)n2)C1([B])[B]. The largest absolute Gasteiger partial charge is 0.477 e. The fourth-order valence-electron chi connectivity index (χ4n) is 5.60. The van der Waals surface area contributed by atoms with Crippen LogP contribution in [-0.2, 0) is 19.6 Å². The van der Waals surface area contributed by atoms with Crippen LogP contribution in [0, 0.1) is 6.92 Å². The number of hydrogen-bond donors (Lipinski definition) is 1. The lowest BCUT2D eigenvalue weighted by molar-refractivity contribution is -0.128. The molecule has 8 nitrogen and oxygen atoms in total. The summed E-state index contributed by atoms with van der Waals surface area (Å²) in [5.41, 5.74) is 0.641. The predicted octanol–water partition coefficient (Wildman–Crippen LogP) is -0.346. The third kappa shape index (κ3) is 5.73. The first kappa shape index (κ1) is 32.3. The number of hydrogen-bond acceptors (Lipinski definition) is 7. The predicted molar refractivity (Wildman–Crippen MR) is 170 cm³/mol. The highest BCUT2D eigenvalue weighted by Gasteiger charge is 2.58. The van der Waals surface area contributed by atoms with Crippen molar-refractivity contribution in [3.05, 3.63) is 47.5 Å². The van der Waals surface area contributed by atoms with Gasteiger partial charge < -0.3 is 14.4 Å². The molecule has 1 aromatic carbocycles. The lowest BCUT2D eigenvalue weighted by atomic mass is 9.30. The monoisotopic (exact) mass is 579 g/mol. The second-order valence-corrected chi connectivity index (χ2v) is 13.5. The molecule has 0 spiro atoms. The summed E-state index contributed by atoms with van der Waals surface area (Å²) in [7, 11) is 43.8. The van der Waals surface area contributed by atoms with Gasteiger partial charge in [-0.25, -0.2) is 9.71 Å². The number of rotatable bonds is 7. The topological polar surface area (TPSA) is 97.8 Å². The van der Waals surface area contributed by atoms with Gasteiger partial charge in [0, 0.05) is 12.8 Å². The Labute approximate surface area is 264 Å². The summed E-state index contributed by atoms with van der Waals surface area (Å²) >= 11 is 0. The summed E-state index contributed by atoms with van der Waals surface area (Å²) in [5, 5.41) is -10.2. The molecule has 17 heteroatoms. The van der Waals surface area contributed by atoms with Gasteiger partial charge in [0.05, 0.1) is 31.4 Å². The first-order chi connectivity index (χ1) is 19.8. The maximum atomic E-state index is 13.4. The first-order valence-electron chi connectivity index (χ1n) is 14.0. The van der Waals surface area contributed by atoms with E-state index in [0.29, 0.717) is 24.5 Å². The van der Waals surface area contributed by atoms with Gasteiger partial charge in [0.1, 0.15) is 43.0 Å². The smallest absolute Gasteiger partial charge is 0.281 e. The molecule has 204 valence electrons. The summed E-state index contributed by atoms with van der Waals surface area (Å²) < 4.78 is 40.5. The highest BCUT2D eigenvalue weighted by Crippen LogP contribution is 2.46. The van der Waals surface area contributed by atoms with Crippen molar-refractivity contribution in [2.45, 2.75) is 89.9 Å². The lowest BCUT2D eigenvalue weighted by Gasteiger charge is -2.70. The van der Waals surface area contributed by atoms with Crippen LogP contribution in [0.2, 0.25) is 0 Å². The molecule has 0 bridgehead atoms. The van der Waals surface area contributed by atoms with Gasteiger partial charge in [-0.3, -0.25) is 4.79 Å². The number of ether oxygens (including phenoxy) is 2. The molecule has 2 heterocycles. The van der Waals surface area contributed by atoms with Gasteiger partial charge in [-0.15, -0.1) is 0 Å². The fourth-order valence-corrected chi connectivity index (χ4v) is 6.61. The van der Waals surface area contributed by atoms with E-state index < -0.39 is 48.0 Å². The van der Waals surface area contributed by atoms with Crippen molar-refractivity contribution in [1.82, 2.24) is 9.71 Å². The summed E-state index contributed by atoms with van der Waals surface area (Å²) in [5.74, 6) is -0.238. The van der Waals surface area contributed by atoms with Gasteiger partial charge in [0.15, 0.2) is 10.6 Å². The highest BCUT2D eigenvalue weighted by molar-refractivity contribution is 7.90. The molecule has 3 fully saturated rings. The van der Waals surface area contributed by atoms with E-state index in [1.807, 2.05) is 25.1 Å². The van der Waals surface area contributed by atoms with Crippen LogP contribution in [0.4, 0.5) is 5.82 Å². The average molecular weight is 578 g/mol. The van der Waals surface area contributed by atoms with E-state index in [4.69, 9.17) is 72.2 Å². The minimum Gasteiger partial charge on any atom is -0.477 e. The number of carbonyl (C=O) groups is 1. The van der Waals surface area contributed by atoms with Crippen LogP contribution in [-0.4, -0.2) is 109 Å². The Morgan fingerprint density at radius 3 is 2.14 bits per heavy atom. The summed E-state index contributed by atoms with van der Waals surface area (Å²) in [6.45, 7) is 1.93. The van der Waals surface area contributed by atoms with Crippen LogP contribution in [0.25, 0.3) is 0 Å². The maximum Gasteiger partial charge on any atom is 0.281 e. The van der Waals surface area contributed by atoms with Crippen molar-refractivity contribution in [3.63, 3.8) is 0 Å². The number of pyridine rings is 1. The number of amides is 1. The molecule has 43 heavy (non-hydrogen) atoms. The number of nitrogens with zero attached hydrogens (tertiary/aromatic N) is 2. The van der Waals surface area contributed by atoms with Gasteiger partial charge in [0.2, 0.25) is 0 Å². The normalized spacial score (nSPS) is 23.6. The second kappa shape index (κ2) is 10.7. The molecule has 2 saturated carbocycles.